The number of nitrogens with one attached hydrogen (secondary N) is 1. The molecule has 2 aliphatic heterocycles. The molecule has 1 aromatic heterocycles. The molecule has 6 nitrogen and oxygen atoms in total. The van der Waals surface area contributed by atoms with Gasteiger partial charge in [0.05, 0.1) is 32.3 Å². The number of carbonyl (C=O) groups is 1. The number of benzene rings is 1. The van der Waals surface area contributed by atoms with E-state index in [4.69, 9.17) is 9.47 Å². The van der Waals surface area contributed by atoms with Gasteiger partial charge in [0.25, 0.3) is 0 Å². The lowest BCUT2D eigenvalue weighted by Crippen LogP contribution is -2.53. The van der Waals surface area contributed by atoms with Crippen molar-refractivity contribution in [3.05, 3.63) is 29.5 Å². The number of fused-ring (bicyclic) bond motifs is 6. The molecule has 2 N–H and O–H groups in total. The number of aliphatic hydroxyl groups is 1. The van der Waals surface area contributed by atoms with E-state index in [2.05, 4.69) is 22.0 Å². The van der Waals surface area contributed by atoms with E-state index in [9.17, 15) is 9.90 Å². The molecule has 0 spiro atoms. The molecule has 6 heteroatoms. The molecular weight excluding hydrogens is 356 g/mol. The Morgan fingerprint density at radius 3 is 2.93 bits per heavy atom. The monoisotopic (exact) mass is 384 g/mol. The Bertz CT molecular complexity index is 907. The van der Waals surface area contributed by atoms with Gasteiger partial charge >= 0.3 is 5.97 Å². The molecule has 0 unspecified atom stereocenters. The van der Waals surface area contributed by atoms with Crippen LogP contribution in [-0.4, -0.2) is 54.4 Å². The topological polar surface area (TPSA) is 74.8 Å². The lowest BCUT2D eigenvalue weighted by Gasteiger charge is -2.50. The summed E-state index contributed by atoms with van der Waals surface area (Å²) in [5.41, 5.74) is 3.78. The van der Waals surface area contributed by atoms with Crippen molar-refractivity contribution >= 4 is 16.9 Å². The van der Waals surface area contributed by atoms with Gasteiger partial charge in [-0.05, 0) is 55.2 Å². The highest BCUT2D eigenvalue weighted by Crippen LogP contribution is 2.49. The molecule has 1 aromatic carbocycles. The molecule has 0 bridgehead atoms. The molecule has 2 aromatic rings. The zero-order chi connectivity index (χ0) is 19.4. The second-order valence-electron chi connectivity index (χ2n) is 8.54. The van der Waals surface area contributed by atoms with Crippen LogP contribution in [0.3, 0.4) is 0 Å². The fourth-order valence-electron chi connectivity index (χ4n) is 5.97. The molecule has 5 rings (SSSR count). The van der Waals surface area contributed by atoms with E-state index in [1.165, 1.54) is 23.8 Å². The number of aromatic amines is 1. The fourth-order valence-corrected chi connectivity index (χ4v) is 5.97. The maximum Gasteiger partial charge on any atom is 0.311 e. The maximum absolute atomic E-state index is 12.4. The molecular formula is C22H28N2O4. The standard InChI is InChI=1S/C22H28N2O4/c1-27-13-4-5-14-15-7-8-24-11-12-3-6-19(25)20(22(26)28-2)16(12)10-18(24)21(15)23-17(14)9-13/h4-5,9,12,16,18-20,23,25H,3,6-8,10-11H2,1-2H3/t12-,16-,18-,19+,20+/m0/s1. The molecule has 0 radical (unpaired) electrons. The van der Waals surface area contributed by atoms with Crippen molar-refractivity contribution in [1.82, 2.24) is 9.88 Å². The van der Waals surface area contributed by atoms with Gasteiger partial charge in [-0.1, -0.05) is 0 Å². The van der Waals surface area contributed by atoms with Gasteiger partial charge in [0.2, 0.25) is 0 Å². The SMILES string of the molecule is COC(=O)[C@@H]1[C@H]2C[C@H]3c4[nH]c5cc(OC)ccc5c4CCN3C[C@@H]2CC[C@H]1O. The van der Waals surface area contributed by atoms with Crippen LogP contribution in [0.1, 0.15) is 36.6 Å². The van der Waals surface area contributed by atoms with E-state index in [0.29, 0.717) is 12.3 Å². The first kappa shape index (κ1) is 18.0. The molecule has 1 aliphatic carbocycles. The van der Waals surface area contributed by atoms with Crippen LogP contribution in [-0.2, 0) is 16.0 Å². The number of hydrogen-bond acceptors (Lipinski definition) is 5. The zero-order valence-electron chi connectivity index (χ0n) is 16.5. The number of hydrogen-bond donors (Lipinski definition) is 2. The Balaban J connectivity index is 1.52. The summed E-state index contributed by atoms with van der Waals surface area (Å²) < 4.78 is 10.4. The molecule has 2 fully saturated rings. The van der Waals surface area contributed by atoms with Gasteiger partial charge < -0.3 is 19.6 Å². The summed E-state index contributed by atoms with van der Waals surface area (Å²) in [6.45, 7) is 2.04. The number of H-pyrrole nitrogens is 1. The predicted molar refractivity (Wildman–Crippen MR) is 105 cm³/mol. The average Bonchev–Trinajstić information content (AvgIpc) is 3.10. The maximum atomic E-state index is 12.4. The Hall–Kier alpha value is -2.05. The van der Waals surface area contributed by atoms with Gasteiger partial charge in [-0.2, -0.15) is 0 Å². The minimum Gasteiger partial charge on any atom is -0.497 e. The van der Waals surface area contributed by atoms with Crippen LogP contribution in [0.4, 0.5) is 0 Å². The summed E-state index contributed by atoms with van der Waals surface area (Å²) in [5, 5.41) is 11.8. The number of ether oxygens (including phenoxy) is 2. The van der Waals surface area contributed by atoms with E-state index in [1.807, 2.05) is 6.07 Å². The molecule has 3 aliphatic rings. The third-order valence-corrected chi connectivity index (χ3v) is 7.32. The number of aliphatic hydroxyl groups excluding tert-OH is 1. The molecule has 3 heterocycles. The third kappa shape index (κ3) is 2.65. The first-order valence-electron chi connectivity index (χ1n) is 10.3. The molecule has 1 saturated heterocycles. The Labute approximate surface area is 164 Å². The zero-order valence-corrected chi connectivity index (χ0v) is 16.5. The van der Waals surface area contributed by atoms with Gasteiger partial charge in [0.1, 0.15) is 5.75 Å². The smallest absolute Gasteiger partial charge is 0.311 e. The van der Waals surface area contributed by atoms with Crippen molar-refractivity contribution in [3.8, 4) is 5.75 Å². The summed E-state index contributed by atoms with van der Waals surface area (Å²) in [7, 11) is 3.12. The average molecular weight is 384 g/mol. The van der Waals surface area contributed by atoms with Crippen molar-refractivity contribution in [2.45, 2.75) is 37.8 Å². The second kappa shape index (κ2) is 6.78. The van der Waals surface area contributed by atoms with Gasteiger partial charge in [-0.25, -0.2) is 0 Å². The van der Waals surface area contributed by atoms with Crippen LogP contribution in [0.25, 0.3) is 10.9 Å². The number of aromatic nitrogens is 1. The van der Waals surface area contributed by atoms with Crippen LogP contribution >= 0.6 is 0 Å². The Kier molecular flexibility index (Phi) is 4.36. The van der Waals surface area contributed by atoms with Crippen LogP contribution < -0.4 is 4.74 Å². The minimum atomic E-state index is -0.588. The number of methoxy groups -OCH3 is 2. The normalized spacial score (nSPS) is 32.3. The quantitative estimate of drug-likeness (QED) is 0.779. The summed E-state index contributed by atoms with van der Waals surface area (Å²) in [6.07, 6.45) is 3.02. The largest absolute Gasteiger partial charge is 0.497 e. The van der Waals surface area contributed by atoms with Crippen LogP contribution in [0.5, 0.6) is 5.75 Å². The molecule has 1 saturated carbocycles. The van der Waals surface area contributed by atoms with Gasteiger partial charge in [-0.15, -0.1) is 0 Å². The lowest BCUT2D eigenvalue weighted by molar-refractivity contribution is -0.160. The summed E-state index contributed by atoms with van der Waals surface area (Å²) in [6, 6.07) is 6.49. The fraction of sp³-hybridized carbons (Fsp3) is 0.591. The highest BCUT2D eigenvalue weighted by atomic mass is 16.5. The molecule has 28 heavy (non-hydrogen) atoms. The van der Waals surface area contributed by atoms with Crippen LogP contribution in [0.2, 0.25) is 0 Å². The number of esters is 1. The molecule has 0 amide bonds. The first-order valence-corrected chi connectivity index (χ1v) is 10.3. The molecule has 5 atom stereocenters. The summed E-state index contributed by atoms with van der Waals surface area (Å²) in [5.74, 6) is 0.820. The summed E-state index contributed by atoms with van der Waals surface area (Å²) >= 11 is 0. The predicted octanol–water partition coefficient (Wildman–Crippen LogP) is 2.66. The Morgan fingerprint density at radius 1 is 1.29 bits per heavy atom. The van der Waals surface area contributed by atoms with Crippen molar-refractivity contribution in [1.29, 1.82) is 0 Å². The lowest BCUT2D eigenvalue weighted by atomic mass is 9.65. The van der Waals surface area contributed by atoms with E-state index >= 15 is 0 Å². The summed E-state index contributed by atoms with van der Waals surface area (Å²) in [4.78, 5) is 18.7. The number of piperidine rings is 1. The second-order valence-corrected chi connectivity index (χ2v) is 8.54. The van der Waals surface area contributed by atoms with Crippen molar-refractivity contribution < 1.29 is 19.4 Å². The van der Waals surface area contributed by atoms with E-state index in [0.717, 1.165) is 43.6 Å². The van der Waals surface area contributed by atoms with Crippen molar-refractivity contribution in [3.63, 3.8) is 0 Å². The van der Waals surface area contributed by atoms with Crippen molar-refractivity contribution in [2.24, 2.45) is 17.8 Å². The molecule has 150 valence electrons. The number of nitrogens with zero attached hydrogens (tertiary/aromatic N) is 1. The first-order chi connectivity index (χ1) is 13.6. The highest BCUT2D eigenvalue weighted by Gasteiger charge is 2.49. The number of carbonyl (C=O) groups excluding carboxylic acids is 1. The highest BCUT2D eigenvalue weighted by molar-refractivity contribution is 5.86. The van der Waals surface area contributed by atoms with Gasteiger partial charge in [-0.3, -0.25) is 9.69 Å². The van der Waals surface area contributed by atoms with E-state index in [-0.39, 0.29) is 17.9 Å². The van der Waals surface area contributed by atoms with Crippen LogP contribution in [0, 0.1) is 17.8 Å². The van der Waals surface area contributed by atoms with Gasteiger partial charge in [0.15, 0.2) is 0 Å². The van der Waals surface area contributed by atoms with Crippen molar-refractivity contribution in [2.75, 3.05) is 27.3 Å². The Morgan fingerprint density at radius 2 is 2.14 bits per heavy atom. The van der Waals surface area contributed by atoms with E-state index in [1.54, 1.807) is 7.11 Å². The minimum absolute atomic E-state index is 0.171. The van der Waals surface area contributed by atoms with E-state index < -0.39 is 12.0 Å². The third-order valence-electron chi connectivity index (χ3n) is 7.32. The van der Waals surface area contributed by atoms with Crippen LogP contribution in [0.15, 0.2) is 18.2 Å². The van der Waals surface area contributed by atoms with Gasteiger partial charge in [0, 0.05) is 35.8 Å². The number of rotatable bonds is 2.